The first-order chi connectivity index (χ1) is 10.9. The van der Waals surface area contributed by atoms with Crippen LogP contribution >= 0.6 is 27.7 Å². The number of carbonyl (C=O) groups is 1. The lowest BCUT2D eigenvalue weighted by molar-refractivity contribution is -0.118. The van der Waals surface area contributed by atoms with E-state index in [4.69, 9.17) is 0 Å². The Hall–Kier alpha value is -0.860. The molecule has 0 aromatic heterocycles. The number of hydrogen-bond donors (Lipinski definition) is 0. The molecule has 2 heterocycles. The van der Waals surface area contributed by atoms with Crippen LogP contribution < -0.4 is 4.90 Å². The highest BCUT2D eigenvalue weighted by Gasteiger charge is 2.49. The summed E-state index contributed by atoms with van der Waals surface area (Å²) in [6.07, 6.45) is 1.83. The first kappa shape index (κ1) is 15.7. The van der Waals surface area contributed by atoms with Gasteiger partial charge in [0.2, 0.25) is 0 Å². The summed E-state index contributed by atoms with van der Waals surface area (Å²) in [6, 6.07) is 7.54. The molecule has 2 aliphatic heterocycles. The van der Waals surface area contributed by atoms with E-state index in [9.17, 15) is 13.2 Å². The third-order valence-corrected chi connectivity index (χ3v) is 8.04. The van der Waals surface area contributed by atoms with Crippen LogP contribution in [0, 0.1) is 5.92 Å². The van der Waals surface area contributed by atoms with Gasteiger partial charge in [0, 0.05) is 21.3 Å². The molecule has 0 spiro atoms. The third kappa shape index (κ3) is 3.08. The minimum atomic E-state index is -3.02. The lowest BCUT2D eigenvalue weighted by Gasteiger charge is -2.24. The molecular weight excluding hydrogens is 400 g/mol. The van der Waals surface area contributed by atoms with Crippen LogP contribution in [0.25, 0.3) is 0 Å². The van der Waals surface area contributed by atoms with Gasteiger partial charge in [0.1, 0.15) is 0 Å². The number of sulfone groups is 1. The van der Waals surface area contributed by atoms with E-state index < -0.39 is 9.84 Å². The highest BCUT2D eigenvalue weighted by atomic mass is 79.9. The van der Waals surface area contributed by atoms with Crippen LogP contribution in [0.1, 0.15) is 12.8 Å². The van der Waals surface area contributed by atoms with Crippen molar-refractivity contribution in [1.29, 1.82) is 0 Å². The molecule has 0 unspecified atom stereocenters. The molecule has 1 aromatic rings. The summed E-state index contributed by atoms with van der Waals surface area (Å²) in [6.45, 7) is 0. The lowest BCUT2D eigenvalue weighted by atomic mass is 10.2. The maximum absolute atomic E-state index is 12.1. The molecule has 23 heavy (non-hydrogen) atoms. The second kappa shape index (κ2) is 5.60. The Kier molecular flexibility index (Phi) is 3.81. The number of nitrogens with zero attached hydrogens (tertiary/aromatic N) is 2. The molecule has 4 rings (SSSR count). The van der Waals surface area contributed by atoms with Gasteiger partial charge in [-0.3, -0.25) is 4.79 Å². The zero-order valence-electron chi connectivity index (χ0n) is 12.2. The van der Waals surface area contributed by atoms with Gasteiger partial charge in [0.05, 0.1) is 17.5 Å². The van der Waals surface area contributed by atoms with Gasteiger partial charge in [-0.2, -0.15) is 4.99 Å². The van der Waals surface area contributed by atoms with Crippen LogP contribution in [-0.2, 0) is 14.6 Å². The van der Waals surface area contributed by atoms with Gasteiger partial charge in [-0.25, -0.2) is 8.42 Å². The molecule has 3 aliphatic rings. The number of hydrogen-bond acceptors (Lipinski definition) is 4. The van der Waals surface area contributed by atoms with Crippen LogP contribution in [-0.4, -0.2) is 42.3 Å². The van der Waals surface area contributed by atoms with E-state index >= 15 is 0 Å². The number of amides is 1. The van der Waals surface area contributed by atoms with Gasteiger partial charge in [-0.15, -0.1) is 0 Å². The molecule has 0 bridgehead atoms. The molecule has 3 fully saturated rings. The summed E-state index contributed by atoms with van der Waals surface area (Å²) in [5.74, 6) is 0.278. The van der Waals surface area contributed by atoms with Gasteiger partial charge < -0.3 is 4.90 Å². The van der Waals surface area contributed by atoms with Crippen LogP contribution in [0.5, 0.6) is 0 Å². The average molecular weight is 415 g/mol. The summed E-state index contributed by atoms with van der Waals surface area (Å²) in [4.78, 5) is 18.3. The number of carbonyl (C=O) groups excluding carboxylic acids is 1. The van der Waals surface area contributed by atoms with Crippen LogP contribution in [0.15, 0.2) is 33.7 Å². The minimum Gasteiger partial charge on any atom is -0.316 e. The zero-order chi connectivity index (χ0) is 16.2. The molecule has 122 valence electrons. The van der Waals surface area contributed by atoms with Crippen LogP contribution in [0.2, 0.25) is 0 Å². The van der Waals surface area contributed by atoms with E-state index in [2.05, 4.69) is 20.9 Å². The van der Waals surface area contributed by atoms with Crippen molar-refractivity contribution in [3.63, 3.8) is 0 Å². The van der Waals surface area contributed by atoms with Crippen molar-refractivity contribution in [3.8, 4) is 0 Å². The largest absolute Gasteiger partial charge is 0.316 e. The SMILES string of the molecule is O=C(N=C1S[C@@H]2CS(=O)(=O)C[C@@H]2N1c1ccc(Br)cc1)C1CC1. The number of benzene rings is 1. The van der Waals surface area contributed by atoms with Gasteiger partial charge in [-0.05, 0) is 37.1 Å². The maximum atomic E-state index is 12.1. The standard InChI is InChI=1S/C15H15BrN2O3S2/c16-10-3-5-11(6-4-10)18-12-7-23(20,21)8-13(12)22-15(18)17-14(19)9-1-2-9/h3-6,9,12-13H,1-2,7-8H2/t12-,13+/m0/s1. The first-order valence-electron chi connectivity index (χ1n) is 7.47. The van der Waals surface area contributed by atoms with Crippen molar-refractivity contribution in [2.24, 2.45) is 10.9 Å². The molecule has 2 saturated heterocycles. The fourth-order valence-electron chi connectivity index (χ4n) is 2.98. The fourth-order valence-corrected chi connectivity index (χ4v) is 7.17. The van der Waals surface area contributed by atoms with Gasteiger partial charge in [0.25, 0.3) is 5.91 Å². The summed E-state index contributed by atoms with van der Waals surface area (Å²) in [7, 11) is -3.02. The normalized spacial score (nSPS) is 30.7. The first-order valence-corrected chi connectivity index (χ1v) is 11.0. The van der Waals surface area contributed by atoms with Crippen LogP contribution in [0.4, 0.5) is 5.69 Å². The molecule has 2 atom stereocenters. The fraction of sp³-hybridized carbons (Fsp3) is 0.467. The number of halogens is 1. The van der Waals surface area contributed by atoms with Gasteiger partial charge in [-0.1, -0.05) is 27.7 Å². The van der Waals surface area contributed by atoms with E-state index in [1.165, 1.54) is 11.8 Å². The molecule has 1 amide bonds. The topological polar surface area (TPSA) is 66.8 Å². The van der Waals surface area contributed by atoms with E-state index in [-0.39, 0.29) is 34.6 Å². The average Bonchev–Trinajstić information content (AvgIpc) is 3.22. The Bertz CT molecular complexity index is 787. The maximum Gasteiger partial charge on any atom is 0.251 e. The lowest BCUT2D eigenvalue weighted by Crippen LogP contribution is -2.37. The quantitative estimate of drug-likeness (QED) is 0.743. The summed E-state index contributed by atoms with van der Waals surface area (Å²) in [5.41, 5.74) is 0.882. The Balaban J connectivity index is 1.71. The minimum absolute atomic E-state index is 0.0469. The highest BCUT2D eigenvalue weighted by molar-refractivity contribution is 9.10. The summed E-state index contributed by atoms with van der Waals surface area (Å²) in [5, 5.41) is 0.600. The second-order valence-corrected chi connectivity index (χ2v) is 10.4. The number of fused-ring (bicyclic) bond motifs is 1. The monoisotopic (exact) mass is 414 g/mol. The Morgan fingerprint density at radius 2 is 1.91 bits per heavy atom. The molecule has 0 N–H and O–H groups in total. The molecular formula is C15H15BrN2O3S2. The smallest absolute Gasteiger partial charge is 0.251 e. The number of aliphatic imine (C=N–C) groups is 1. The highest BCUT2D eigenvalue weighted by Crippen LogP contribution is 2.41. The molecule has 1 saturated carbocycles. The summed E-state index contributed by atoms with van der Waals surface area (Å²) >= 11 is 4.84. The number of anilines is 1. The van der Waals surface area contributed by atoms with E-state index in [1.807, 2.05) is 29.2 Å². The van der Waals surface area contributed by atoms with Gasteiger partial charge in [0.15, 0.2) is 15.0 Å². The van der Waals surface area contributed by atoms with E-state index in [0.29, 0.717) is 5.17 Å². The molecule has 8 heteroatoms. The van der Waals surface area contributed by atoms with Crippen molar-refractivity contribution in [1.82, 2.24) is 0 Å². The molecule has 1 aromatic carbocycles. The van der Waals surface area contributed by atoms with E-state index in [0.717, 1.165) is 23.0 Å². The summed E-state index contributed by atoms with van der Waals surface area (Å²) < 4.78 is 24.9. The zero-order valence-corrected chi connectivity index (χ0v) is 15.4. The number of rotatable bonds is 2. The van der Waals surface area contributed by atoms with Crippen molar-refractivity contribution in [3.05, 3.63) is 28.7 Å². The second-order valence-electron chi connectivity index (χ2n) is 6.15. The number of thioether (sulfide) groups is 1. The molecule has 5 nitrogen and oxygen atoms in total. The van der Waals surface area contributed by atoms with Crippen molar-refractivity contribution >= 4 is 54.3 Å². The predicted octanol–water partition coefficient (Wildman–Crippen LogP) is 2.46. The van der Waals surface area contributed by atoms with Gasteiger partial charge >= 0.3 is 0 Å². The van der Waals surface area contributed by atoms with Crippen molar-refractivity contribution < 1.29 is 13.2 Å². The van der Waals surface area contributed by atoms with Crippen LogP contribution in [0.3, 0.4) is 0 Å². The van der Waals surface area contributed by atoms with E-state index in [1.54, 1.807) is 0 Å². The Labute approximate surface area is 147 Å². The molecule has 0 radical (unpaired) electrons. The van der Waals surface area contributed by atoms with Crippen molar-refractivity contribution in [2.75, 3.05) is 16.4 Å². The predicted molar refractivity (Wildman–Crippen MR) is 95.6 cm³/mol. The Morgan fingerprint density at radius 3 is 2.57 bits per heavy atom. The molecule has 1 aliphatic carbocycles. The Morgan fingerprint density at radius 1 is 1.22 bits per heavy atom. The number of amidine groups is 1. The third-order valence-electron chi connectivity index (χ3n) is 4.30. The van der Waals surface area contributed by atoms with Crippen molar-refractivity contribution in [2.45, 2.75) is 24.1 Å².